The van der Waals surface area contributed by atoms with Crippen molar-refractivity contribution in [2.24, 2.45) is 5.92 Å². The Balaban J connectivity index is 1.68. The van der Waals surface area contributed by atoms with Crippen molar-refractivity contribution in [3.8, 4) is 0 Å². The van der Waals surface area contributed by atoms with Crippen molar-refractivity contribution in [3.63, 3.8) is 0 Å². The standard InChI is InChI=1S/C15H21N3O/c1-18(10-11-3-2-6-16-9-11)13-4-5-14-12(7-13)8-15(19)17-14/h4-5,7,11,16H,2-3,6,8-10H2,1H3,(H,17,19). The molecular formula is C15H21N3O. The molecule has 2 heterocycles. The molecular weight excluding hydrogens is 238 g/mol. The second-order valence-corrected chi connectivity index (χ2v) is 5.66. The summed E-state index contributed by atoms with van der Waals surface area (Å²) in [5, 5.41) is 6.34. The van der Waals surface area contributed by atoms with Gasteiger partial charge in [-0.15, -0.1) is 0 Å². The number of anilines is 2. The van der Waals surface area contributed by atoms with Crippen LogP contribution < -0.4 is 15.5 Å². The van der Waals surface area contributed by atoms with E-state index in [2.05, 4.69) is 34.7 Å². The molecule has 2 N–H and O–H groups in total. The lowest BCUT2D eigenvalue weighted by atomic mass is 9.99. The molecule has 1 amide bonds. The molecule has 4 heteroatoms. The monoisotopic (exact) mass is 259 g/mol. The SMILES string of the molecule is CN(CC1CCCNC1)c1ccc2c(c1)CC(=O)N2. The fourth-order valence-corrected chi connectivity index (χ4v) is 3.03. The number of rotatable bonds is 3. The first-order valence-corrected chi connectivity index (χ1v) is 7.07. The van der Waals surface area contributed by atoms with Crippen LogP contribution >= 0.6 is 0 Å². The van der Waals surface area contributed by atoms with Gasteiger partial charge in [-0.2, -0.15) is 0 Å². The summed E-state index contributed by atoms with van der Waals surface area (Å²) in [6.07, 6.45) is 3.10. The summed E-state index contributed by atoms with van der Waals surface area (Å²) < 4.78 is 0. The predicted molar refractivity (Wildman–Crippen MR) is 77.6 cm³/mol. The van der Waals surface area contributed by atoms with Gasteiger partial charge in [0.1, 0.15) is 0 Å². The normalized spacial score (nSPS) is 21.9. The molecule has 1 saturated heterocycles. The molecule has 4 nitrogen and oxygen atoms in total. The number of piperidine rings is 1. The maximum Gasteiger partial charge on any atom is 0.228 e. The highest BCUT2D eigenvalue weighted by atomic mass is 16.1. The van der Waals surface area contributed by atoms with Gasteiger partial charge in [0.15, 0.2) is 0 Å². The van der Waals surface area contributed by atoms with Crippen LogP contribution in [0, 0.1) is 5.92 Å². The first kappa shape index (κ1) is 12.5. The quantitative estimate of drug-likeness (QED) is 0.867. The summed E-state index contributed by atoms with van der Waals surface area (Å²) in [4.78, 5) is 13.7. The Bertz CT molecular complexity index is 480. The third kappa shape index (κ3) is 2.73. The molecule has 2 aliphatic rings. The molecule has 1 fully saturated rings. The van der Waals surface area contributed by atoms with Crippen LogP contribution in [0.1, 0.15) is 18.4 Å². The highest BCUT2D eigenvalue weighted by Gasteiger charge is 2.19. The van der Waals surface area contributed by atoms with Crippen LogP contribution in [0.5, 0.6) is 0 Å². The zero-order valence-corrected chi connectivity index (χ0v) is 11.4. The highest BCUT2D eigenvalue weighted by molar-refractivity contribution is 5.99. The fraction of sp³-hybridized carbons (Fsp3) is 0.533. The van der Waals surface area contributed by atoms with Crippen LogP contribution in [0.3, 0.4) is 0 Å². The number of fused-ring (bicyclic) bond motifs is 1. The Morgan fingerprint density at radius 2 is 2.32 bits per heavy atom. The van der Waals surface area contributed by atoms with Crippen LogP contribution in [0.2, 0.25) is 0 Å². The van der Waals surface area contributed by atoms with E-state index in [0.717, 1.165) is 36.8 Å². The van der Waals surface area contributed by atoms with Gasteiger partial charge in [-0.3, -0.25) is 4.79 Å². The molecule has 0 saturated carbocycles. The maximum absolute atomic E-state index is 11.4. The van der Waals surface area contributed by atoms with Crippen molar-refractivity contribution in [3.05, 3.63) is 23.8 Å². The topological polar surface area (TPSA) is 44.4 Å². The van der Waals surface area contributed by atoms with Gasteiger partial charge in [0.25, 0.3) is 0 Å². The van der Waals surface area contributed by atoms with Crippen molar-refractivity contribution < 1.29 is 4.79 Å². The van der Waals surface area contributed by atoms with E-state index in [1.165, 1.54) is 18.5 Å². The minimum atomic E-state index is 0.103. The third-order valence-electron chi connectivity index (χ3n) is 4.09. The molecule has 1 aromatic carbocycles. The number of nitrogens with one attached hydrogen (secondary N) is 2. The number of benzene rings is 1. The Morgan fingerprint density at radius 1 is 1.42 bits per heavy atom. The molecule has 0 aromatic heterocycles. The lowest BCUT2D eigenvalue weighted by Gasteiger charge is -2.29. The summed E-state index contributed by atoms with van der Waals surface area (Å²) in [5.74, 6) is 0.832. The molecule has 0 spiro atoms. The highest BCUT2D eigenvalue weighted by Crippen LogP contribution is 2.28. The predicted octanol–water partition coefficient (Wildman–Crippen LogP) is 1.62. The molecule has 0 radical (unpaired) electrons. The van der Waals surface area contributed by atoms with E-state index in [-0.39, 0.29) is 5.91 Å². The Kier molecular flexibility index (Phi) is 3.42. The van der Waals surface area contributed by atoms with E-state index >= 15 is 0 Å². The van der Waals surface area contributed by atoms with Crippen molar-refractivity contribution in [2.75, 3.05) is 36.9 Å². The molecule has 3 rings (SSSR count). The summed E-state index contributed by atoms with van der Waals surface area (Å²) in [6, 6.07) is 6.26. The van der Waals surface area contributed by atoms with Gasteiger partial charge < -0.3 is 15.5 Å². The molecule has 1 unspecified atom stereocenters. The number of carbonyl (C=O) groups is 1. The minimum Gasteiger partial charge on any atom is -0.374 e. The molecule has 2 aliphatic heterocycles. The zero-order valence-electron chi connectivity index (χ0n) is 11.4. The van der Waals surface area contributed by atoms with Gasteiger partial charge >= 0.3 is 0 Å². The van der Waals surface area contributed by atoms with E-state index in [1.54, 1.807) is 0 Å². The maximum atomic E-state index is 11.4. The van der Waals surface area contributed by atoms with Crippen molar-refractivity contribution >= 4 is 17.3 Å². The van der Waals surface area contributed by atoms with Crippen molar-refractivity contribution in [1.82, 2.24) is 5.32 Å². The number of carbonyl (C=O) groups excluding carboxylic acids is 1. The largest absolute Gasteiger partial charge is 0.374 e. The number of hydrogen-bond donors (Lipinski definition) is 2. The van der Waals surface area contributed by atoms with E-state index in [9.17, 15) is 4.79 Å². The van der Waals surface area contributed by atoms with Gasteiger partial charge in [-0.05, 0) is 55.6 Å². The second-order valence-electron chi connectivity index (χ2n) is 5.66. The molecule has 0 aliphatic carbocycles. The summed E-state index contributed by atoms with van der Waals surface area (Å²) >= 11 is 0. The van der Waals surface area contributed by atoms with E-state index in [1.807, 2.05) is 6.07 Å². The fourth-order valence-electron chi connectivity index (χ4n) is 3.03. The average molecular weight is 259 g/mol. The minimum absolute atomic E-state index is 0.103. The Labute approximate surface area is 114 Å². The molecule has 19 heavy (non-hydrogen) atoms. The van der Waals surface area contributed by atoms with Gasteiger partial charge in [0.2, 0.25) is 5.91 Å². The molecule has 0 bridgehead atoms. The third-order valence-corrected chi connectivity index (χ3v) is 4.09. The van der Waals surface area contributed by atoms with Crippen LogP contribution in [0.15, 0.2) is 18.2 Å². The molecule has 1 atom stereocenters. The van der Waals surface area contributed by atoms with Gasteiger partial charge in [0.05, 0.1) is 6.42 Å². The number of hydrogen-bond acceptors (Lipinski definition) is 3. The van der Waals surface area contributed by atoms with Gasteiger partial charge in [-0.1, -0.05) is 0 Å². The first-order valence-electron chi connectivity index (χ1n) is 7.07. The van der Waals surface area contributed by atoms with E-state index in [0.29, 0.717) is 6.42 Å². The second kappa shape index (κ2) is 5.21. The van der Waals surface area contributed by atoms with Crippen LogP contribution in [-0.4, -0.2) is 32.6 Å². The first-order chi connectivity index (χ1) is 9.22. The summed E-state index contributed by atoms with van der Waals surface area (Å²) in [7, 11) is 2.14. The summed E-state index contributed by atoms with van der Waals surface area (Å²) in [6.45, 7) is 3.36. The lowest BCUT2D eigenvalue weighted by Crippen LogP contribution is -2.36. The van der Waals surface area contributed by atoms with E-state index < -0.39 is 0 Å². The van der Waals surface area contributed by atoms with Crippen molar-refractivity contribution in [2.45, 2.75) is 19.3 Å². The van der Waals surface area contributed by atoms with Crippen LogP contribution in [0.25, 0.3) is 0 Å². The zero-order chi connectivity index (χ0) is 13.2. The van der Waals surface area contributed by atoms with Crippen molar-refractivity contribution in [1.29, 1.82) is 0 Å². The Hall–Kier alpha value is -1.55. The van der Waals surface area contributed by atoms with E-state index in [4.69, 9.17) is 0 Å². The molecule has 1 aromatic rings. The molecule has 102 valence electrons. The summed E-state index contributed by atoms with van der Waals surface area (Å²) in [5.41, 5.74) is 3.30. The number of amides is 1. The lowest BCUT2D eigenvalue weighted by molar-refractivity contribution is -0.115. The van der Waals surface area contributed by atoms with Crippen LogP contribution in [-0.2, 0) is 11.2 Å². The van der Waals surface area contributed by atoms with Gasteiger partial charge in [0, 0.05) is 25.0 Å². The smallest absolute Gasteiger partial charge is 0.228 e. The Morgan fingerprint density at radius 3 is 3.11 bits per heavy atom. The average Bonchev–Trinajstić information content (AvgIpc) is 2.78. The van der Waals surface area contributed by atoms with Crippen LogP contribution in [0.4, 0.5) is 11.4 Å². The number of nitrogens with zero attached hydrogens (tertiary/aromatic N) is 1. The van der Waals surface area contributed by atoms with Gasteiger partial charge in [-0.25, -0.2) is 0 Å².